The Labute approximate surface area is 222 Å². The maximum atomic E-state index is 13.3. The van der Waals surface area contributed by atoms with Gasteiger partial charge in [-0.1, -0.05) is 57.2 Å². The van der Waals surface area contributed by atoms with Gasteiger partial charge in [-0.2, -0.15) is 10.3 Å². The molecule has 0 saturated heterocycles. The van der Waals surface area contributed by atoms with Gasteiger partial charge in [-0.05, 0) is 50.0 Å². The summed E-state index contributed by atoms with van der Waals surface area (Å²) in [5.74, 6) is 0. The van der Waals surface area contributed by atoms with Gasteiger partial charge in [0.25, 0.3) is 0 Å². The maximum Gasteiger partial charge on any atom is 0.435 e. The number of nitriles is 1. The Morgan fingerprint density at radius 2 is 1.73 bits per heavy atom. The lowest BCUT2D eigenvalue weighted by molar-refractivity contribution is -0.174. The Hall–Kier alpha value is -2.87. The highest BCUT2D eigenvalue weighted by Crippen LogP contribution is 2.37. The van der Waals surface area contributed by atoms with Gasteiger partial charge in [0.05, 0.1) is 32.4 Å². The molecule has 1 aliphatic heterocycles. The van der Waals surface area contributed by atoms with Crippen LogP contribution >= 0.6 is 0 Å². The van der Waals surface area contributed by atoms with Crippen LogP contribution in [0.5, 0.6) is 0 Å². The molecule has 2 unspecified atom stereocenters. The quantitative estimate of drug-likeness (QED) is 0.255. The van der Waals surface area contributed by atoms with Crippen molar-refractivity contribution >= 4 is 20.5 Å². The first-order valence-corrected chi connectivity index (χ1v) is 15.3. The van der Waals surface area contributed by atoms with Gasteiger partial charge < -0.3 is 13.9 Å². The van der Waals surface area contributed by atoms with Crippen molar-refractivity contribution < 1.29 is 28.3 Å². The minimum Gasteiger partial charge on any atom is -0.453 e. The fourth-order valence-electron chi connectivity index (χ4n) is 3.41. The van der Waals surface area contributed by atoms with Crippen molar-refractivity contribution in [3.8, 4) is 6.07 Å². The molecule has 10 heteroatoms. The molecule has 37 heavy (non-hydrogen) atoms. The molecule has 0 fully saturated rings. The first-order valence-electron chi connectivity index (χ1n) is 12.4. The summed E-state index contributed by atoms with van der Waals surface area (Å²) in [6.45, 7) is 16.1. The molecule has 0 saturated carbocycles. The van der Waals surface area contributed by atoms with Gasteiger partial charge in [-0.25, -0.2) is 9.59 Å². The van der Waals surface area contributed by atoms with Crippen LogP contribution in [-0.4, -0.2) is 68.4 Å². The van der Waals surface area contributed by atoms with E-state index in [1.54, 1.807) is 26.8 Å². The lowest BCUT2D eigenvalue weighted by Gasteiger charge is -2.41. The maximum absolute atomic E-state index is 13.3. The van der Waals surface area contributed by atoms with Crippen LogP contribution in [0.4, 0.5) is 9.59 Å². The number of carbonyl (C=O) groups is 2. The molecule has 2 rings (SSSR count). The number of rotatable bonds is 7. The van der Waals surface area contributed by atoms with Gasteiger partial charge in [0.2, 0.25) is 0 Å². The Morgan fingerprint density at radius 1 is 1.11 bits per heavy atom. The fourth-order valence-corrected chi connectivity index (χ4v) is 4.37. The second kappa shape index (κ2) is 12.1. The number of methoxy groups -OCH3 is 1. The lowest BCUT2D eigenvalue weighted by Crippen LogP contribution is -2.55. The second-order valence-electron chi connectivity index (χ2n) is 11.6. The summed E-state index contributed by atoms with van der Waals surface area (Å²) < 4.78 is 17.0. The first-order chi connectivity index (χ1) is 17.1. The standard InChI is InChI=1S/C27H41N3O6Si/c1-26(2,3)36-25(32)30(34-18-20-13-11-10-12-14-20)22-15-21(19-35-37(8,9)27(4,5)6)23(16-28)29(17-22)24(31)33-7/h10-15,22-23H,17-19H2,1-9H3. The van der Waals surface area contributed by atoms with Crippen molar-refractivity contribution in [1.29, 1.82) is 5.26 Å². The number of hydroxylamine groups is 2. The zero-order valence-corrected chi connectivity index (χ0v) is 24.5. The average molecular weight is 532 g/mol. The largest absolute Gasteiger partial charge is 0.453 e. The van der Waals surface area contributed by atoms with E-state index < -0.39 is 38.2 Å². The molecule has 0 aliphatic carbocycles. The number of hydrogen-bond acceptors (Lipinski definition) is 7. The molecular formula is C27H41N3O6Si. The zero-order valence-electron chi connectivity index (χ0n) is 23.5. The van der Waals surface area contributed by atoms with E-state index in [-0.39, 0.29) is 24.8 Å². The van der Waals surface area contributed by atoms with Crippen molar-refractivity contribution in [2.75, 3.05) is 20.3 Å². The molecule has 9 nitrogen and oxygen atoms in total. The minimum absolute atomic E-state index is 0.0114. The summed E-state index contributed by atoms with van der Waals surface area (Å²) in [7, 11) is -0.915. The molecule has 1 aromatic rings. The number of ether oxygens (including phenoxy) is 2. The average Bonchev–Trinajstić information content (AvgIpc) is 2.80. The van der Waals surface area contributed by atoms with Gasteiger partial charge in [0.15, 0.2) is 8.32 Å². The van der Waals surface area contributed by atoms with Crippen LogP contribution in [0.25, 0.3) is 0 Å². The van der Waals surface area contributed by atoms with E-state index in [9.17, 15) is 14.9 Å². The van der Waals surface area contributed by atoms with Gasteiger partial charge in [-0.15, -0.1) is 0 Å². The van der Waals surface area contributed by atoms with Crippen molar-refractivity contribution in [3.05, 3.63) is 47.5 Å². The molecule has 2 atom stereocenters. The molecule has 1 aromatic carbocycles. The molecule has 0 aromatic heterocycles. The van der Waals surface area contributed by atoms with E-state index >= 15 is 0 Å². The summed E-state index contributed by atoms with van der Waals surface area (Å²) in [4.78, 5) is 33.2. The Balaban J connectivity index is 2.46. The van der Waals surface area contributed by atoms with Crippen LogP contribution < -0.4 is 0 Å². The van der Waals surface area contributed by atoms with E-state index in [0.717, 1.165) is 10.6 Å². The number of carbonyl (C=O) groups excluding carboxylic acids is 2. The van der Waals surface area contributed by atoms with Crippen LogP contribution in [0.15, 0.2) is 42.0 Å². The Morgan fingerprint density at radius 3 is 2.24 bits per heavy atom. The predicted molar refractivity (Wildman–Crippen MR) is 143 cm³/mol. The smallest absolute Gasteiger partial charge is 0.435 e. The zero-order chi connectivity index (χ0) is 28.0. The first kappa shape index (κ1) is 30.4. The monoisotopic (exact) mass is 531 g/mol. The molecule has 0 N–H and O–H groups in total. The third-order valence-corrected chi connectivity index (χ3v) is 11.0. The minimum atomic E-state index is -2.17. The van der Waals surface area contributed by atoms with Gasteiger partial charge in [0, 0.05) is 0 Å². The van der Waals surface area contributed by atoms with E-state index in [2.05, 4.69) is 39.9 Å². The molecule has 204 valence electrons. The highest BCUT2D eigenvalue weighted by atomic mass is 28.4. The summed E-state index contributed by atoms with van der Waals surface area (Å²) >= 11 is 0. The van der Waals surface area contributed by atoms with Crippen LogP contribution in [0.3, 0.4) is 0 Å². The van der Waals surface area contributed by atoms with Crippen LogP contribution in [0, 0.1) is 11.3 Å². The van der Waals surface area contributed by atoms with Crippen LogP contribution in [0.1, 0.15) is 47.1 Å². The van der Waals surface area contributed by atoms with Crippen LogP contribution in [-0.2, 0) is 25.3 Å². The van der Waals surface area contributed by atoms with Gasteiger partial charge in [0.1, 0.15) is 18.2 Å². The fraction of sp³-hybridized carbons (Fsp3) is 0.593. The number of nitrogens with zero attached hydrogens (tertiary/aromatic N) is 3. The summed E-state index contributed by atoms with van der Waals surface area (Å²) in [6.07, 6.45) is 0.395. The summed E-state index contributed by atoms with van der Waals surface area (Å²) in [5.41, 5.74) is 0.651. The molecular weight excluding hydrogens is 490 g/mol. The molecule has 1 heterocycles. The SMILES string of the molecule is COC(=O)N1CC(N(OCc2ccccc2)C(=O)OC(C)(C)C)C=C(CO[Si](C)(C)C(C)(C)C)C1C#N. The van der Waals surface area contributed by atoms with E-state index in [4.69, 9.17) is 18.7 Å². The van der Waals surface area contributed by atoms with Crippen LogP contribution in [0.2, 0.25) is 18.1 Å². The molecule has 1 aliphatic rings. The highest BCUT2D eigenvalue weighted by Gasteiger charge is 2.42. The van der Waals surface area contributed by atoms with Gasteiger partial charge in [-0.3, -0.25) is 9.74 Å². The van der Waals surface area contributed by atoms with Crippen molar-refractivity contribution in [3.63, 3.8) is 0 Å². The normalized spacial score (nSPS) is 18.5. The Bertz CT molecular complexity index is 1010. The topological polar surface area (TPSA) is 101 Å². The number of amides is 2. The lowest BCUT2D eigenvalue weighted by atomic mass is 9.99. The van der Waals surface area contributed by atoms with Crippen molar-refractivity contribution in [1.82, 2.24) is 9.96 Å². The Kier molecular flexibility index (Phi) is 9.94. The van der Waals surface area contributed by atoms with E-state index in [1.165, 1.54) is 12.0 Å². The number of benzene rings is 1. The van der Waals surface area contributed by atoms with E-state index in [1.807, 2.05) is 30.3 Å². The molecule has 2 amide bonds. The van der Waals surface area contributed by atoms with Crippen molar-refractivity contribution in [2.24, 2.45) is 0 Å². The summed E-state index contributed by atoms with van der Waals surface area (Å²) in [6, 6.07) is 9.98. The van der Waals surface area contributed by atoms with E-state index in [0.29, 0.717) is 5.57 Å². The van der Waals surface area contributed by atoms with Crippen molar-refractivity contribution in [2.45, 2.75) is 84.0 Å². The summed E-state index contributed by atoms with van der Waals surface area (Å²) in [5, 5.41) is 11.1. The van der Waals surface area contributed by atoms with Gasteiger partial charge >= 0.3 is 12.2 Å². The third-order valence-electron chi connectivity index (χ3n) is 6.48. The molecule has 0 bridgehead atoms. The highest BCUT2D eigenvalue weighted by molar-refractivity contribution is 6.74. The number of hydrogen-bond donors (Lipinski definition) is 0. The third kappa shape index (κ3) is 8.32. The molecule has 0 radical (unpaired) electrons. The second-order valence-corrected chi connectivity index (χ2v) is 16.4. The molecule has 0 spiro atoms. The predicted octanol–water partition coefficient (Wildman–Crippen LogP) is 5.65.